The first-order chi connectivity index (χ1) is 12.0. The molecule has 7 heteroatoms. The number of benzene rings is 1. The van der Waals surface area contributed by atoms with Gasteiger partial charge in [0, 0.05) is 0 Å². The molecule has 7 nitrogen and oxygen atoms in total. The molecule has 0 bridgehead atoms. The van der Waals surface area contributed by atoms with Crippen molar-refractivity contribution in [2.45, 2.75) is 26.0 Å². The zero-order chi connectivity index (χ0) is 18.2. The van der Waals surface area contributed by atoms with E-state index in [-0.39, 0.29) is 6.04 Å². The number of esters is 1. The number of nitrogens with one attached hydrogen (secondary N) is 1. The highest BCUT2D eigenvalue weighted by Crippen LogP contribution is 2.14. The van der Waals surface area contributed by atoms with Gasteiger partial charge in [-0.2, -0.15) is 5.26 Å². The molecule has 25 heavy (non-hydrogen) atoms. The Balaban J connectivity index is 1.76. The highest BCUT2D eigenvalue weighted by Gasteiger charge is 2.19. The van der Waals surface area contributed by atoms with Gasteiger partial charge in [0.1, 0.15) is 11.5 Å². The van der Waals surface area contributed by atoms with E-state index in [1.807, 2.05) is 6.07 Å². The van der Waals surface area contributed by atoms with Crippen molar-refractivity contribution in [3.8, 4) is 11.8 Å². The Labute approximate surface area is 145 Å². The van der Waals surface area contributed by atoms with Crippen molar-refractivity contribution < 1.29 is 23.5 Å². The van der Waals surface area contributed by atoms with Gasteiger partial charge in [-0.15, -0.1) is 0 Å². The zero-order valence-corrected chi connectivity index (χ0v) is 13.9. The number of rotatable bonds is 7. The summed E-state index contributed by atoms with van der Waals surface area (Å²) in [5.74, 6) is -0.0653. The van der Waals surface area contributed by atoms with Gasteiger partial charge < -0.3 is 19.2 Å². The second-order valence-electron chi connectivity index (χ2n) is 5.31. The molecule has 0 saturated carbocycles. The number of carbonyl (C=O) groups is 2. The Morgan fingerprint density at radius 3 is 2.56 bits per heavy atom. The maximum Gasteiger partial charge on any atom is 0.347 e. The molecular weight excluding hydrogens is 324 g/mol. The Kier molecular flexibility index (Phi) is 6.18. The van der Waals surface area contributed by atoms with Crippen LogP contribution in [0.2, 0.25) is 0 Å². The van der Waals surface area contributed by atoms with Gasteiger partial charge >= 0.3 is 5.97 Å². The Bertz CT molecular complexity index is 747. The predicted molar refractivity (Wildman–Crippen MR) is 87.5 cm³/mol. The Morgan fingerprint density at radius 1 is 1.24 bits per heavy atom. The molecule has 0 aliphatic heterocycles. The number of hydrogen-bond donors (Lipinski definition) is 1. The summed E-state index contributed by atoms with van der Waals surface area (Å²) in [5.41, 5.74) is 0.491. The van der Waals surface area contributed by atoms with Crippen LogP contribution < -0.4 is 10.1 Å². The van der Waals surface area contributed by atoms with E-state index in [0.29, 0.717) is 17.1 Å². The van der Waals surface area contributed by atoms with Crippen molar-refractivity contribution in [2.75, 3.05) is 6.61 Å². The van der Waals surface area contributed by atoms with Gasteiger partial charge in [-0.3, -0.25) is 4.79 Å². The largest absolute Gasteiger partial charge is 0.479 e. The fourth-order valence-electron chi connectivity index (χ4n) is 2.01. The van der Waals surface area contributed by atoms with Crippen LogP contribution in [-0.2, 0) is 14.3 Å². The lowest BCUT2D eigenvalue weighted by atomic mass is 10.2. The predicted octanol–water partition coefficient (Wildman–Crippen LogP) is 2.34. The van der Waals surface area contributed by atoms with Crippen LogP contribution in [0.15, 0.2) is 47.1 Å². The quantitative estimate of drug-likeness (QED) is 0.775. The highest BCUT2D eigenvalue weighted by atomic mass is 16.6. The summed E-state index contributed by atoms with van der Waals surface area (Å²) in [6, 6.07) is 11.5. The Morgan fingerprint density at radius 2 is 1.96 bits per heavy atom. The van der Waals surface area contributed by atoms with Crippen LogP contribution in [0.1, 0.15) is 31.2 Å². The minimum atomic E-state index is -0.886. The number of ether oxygens (including phenoxy) is 2. The summed E-state index contributed by atoms with van der Waals surface area (Å²) in [6.45, 7) is 2.87. The lowest BCUT2D eigenvalue weighted by Gasteiger charge is -2.15. The minimum absolute atomic E-state index is 0.325. The molecule has 0 fully saturated rings. The van der Waals surface area contributed by atoms with Crippen molar-refractivity contribution in [3.05, 3.63) is 54.0 Å². The van der Waals surface area contributed by atoms with Crippen LogP contribution in [-0.4, -0.2) is 24.6 Å². The number of carbonyl (C=O) groups excluding carboxylic acids is 2. The van der Waals surface area contributed by atoms with E-state index in [2.05, 4.69) is 5.32 Å². The third-order valence-electron chi connectivity index (χ3n) is 3.32. The normalized spacial score (nSPS) is 12.5. The second-order valence-corrected chi connectivity index (χ2v) is 5.31. The first-order valence-electron chi connectivity index (χ1n) is 7.66. The first-order valence-corrected chi connectivity index (χ1v) is 7.66. The molecule has 1 heterocycles. The fraction of sp³-hybridized carbons (Fsp3) is 0.278. The molecule has 0 spiro atoms. The number of hydrogen-bond acceptors (Lipinski definition) is 6. The summed E-state index contributed by atoms with van der Waals surface area (Å²) >= 11 is 0. The van der Waals surface area contributed by atoms with Crippen molar-refractivity contribution in [2.24, 2.45) is 0 Å². The van der Waals surface area contributed by atoms with E-state index in [1.54, 1.807) is 43.3 Å². The van der Waals surface area contributed by atoms with Crippen LogP contribution in [0.4, 0.5) is 0 Å². The van der Waals surface area contributed by atoms with Gasteiger partial charge in [-0.25, -0.2) is 4.79 Å². The van der Waals surface area contributed by atoms with Gasteiger partial charge in [0.25, 0.3) is 5.91 Å². The molecule has 1 aromatic carbocycles. The number of amides is 1. The number of nitriles is 1. The van der Waals surface area contributed by atoms with E-state index in [1.165, 1.54) is 13.2 Å². The molecule has 0 aliphatic rings. The zero-order valence-electron chi connectivity index (χ0n) is 13.9. The highest BCUT2D eigenvalue weighted by molar-refractivity contribution is 5.82. The van der Waals surface area contributed by atoms with E-state index >= 15 is 0 Å². The monoisotopic (exact) mass is 342 g/mol. The second kappa shape index (κ2) is 8.55. The lowest BCUT2D eigenvalue weighted by Crippen LogP contribution is -2.34. The van der Waals surface area contributed by atoms with Crippen molar-refractivity contribution in [1.82, 2.24) is 5.32 Å². The first kappa shape index (κ1) is 18.1. The molecule has 1 aromatic heterocycles. The van der Waals surface area contributed by atoms with Gasteiger partial charge in [0.05, 0.1) is 23.9 Å². The summed E-state index contributed by atoms with van der Waals surface area (Å²) in [4.78, 5) is 23.7. The van der Waals surface area contributed by atoms with E-state index < -0.39 is 24.6 Å². The molecular formula is C18H18N2O5. The van der Waals surface area contributed by atoms with Crippen molar-refractivity contribution in [3.63, 3.8) is 0 Å². The van der Waals surface area contributed by atoms with Gasteiger partial charge in [-0.1, -0.05) is 0 Å². The number of furan rings is 1. The molecule has 0 saturated heterocycles. The van der Waals surface area contributed by atoms with Gasteiger partial charge in [0.2, 0.25) is 0 Å². The van der Waals surface area contributed by atoms with E-state index in [9.17, 15) is 9.59 Å². The van der Waals surface area contributed by atoms with Crippen LogP contribution in [0.5, 0.6) is 5.75 Å². The third kappa shape index (κ3) is 5.39. The maximum absolute atomic E-state index is 11.9. The molecule has 0 radical (unpaired) electrons. The summed E-state index contributed by atoms with van der Waals surface area (Å²) in [5, 5.41) is 11.4. The molecule has 2 atom stereocenters. The summed E-state index contributed by atoms with van der Waals surface area (Å²) < 4.78 is 15.5. The van der Waals surface area contributed by atoms with Crippen molar-refractivity contribution >= 4 is 11.9 Å². The molecule has 2 rings (SSSR count). The summed E-state index contributed by atoms with van der Waals surface area (Å²) in [6.07, 6.45) is 0.628. The fourth-order valence-corrected chi connectivity index (χ4v) is 2.01. The molecule has 2 aromatic rings. The van der Waals surface area contributed by atoms with E-state index in [4.69, 9.17) is 19.2 Å². The van der Waals surface area contributed by atoms with Crippen molar-refractivity contribution in [1.29, 1.82) is 5.26 Å². The standard InChI is InChI=1S/C18H18N2O5/c1-12(16-4-3-9-23-16)20-17(21)11-24-18(22)13(2)25-15-7-5-14(10-19)6-8-15/h3-9,12-13H,11H2,1-2H3,(H,20,21)/t12-,13-/m1/s1. The van der Waals surface area contributed by atoms with Crippen LogP contribution >= 0.6 is 0 Å². The van der Waals surface area contributed by atoms with Gasteiger partial charge in [-0.05, 0) is 50.2 Å². The summed E-state index contributed by atoms with van der Waals surface area (Å²) in [7, 11) is 0. The van der Waals surface area contributed by atoms with Crippen LogP contribution in [0.25, 0.3) is 0 Å². The Hall–Kier alpha value is -3.27. The molecule has 0 aliphatic carbocycles. The van der Waals surface area contributed by atoms with Gasteiger partial charge in [0.15, 0.2) is 12.7 Å². The smallest absolute Gasteiger partial charge is 0.347 e. The lowest BCUT2D eigenvalue weighted by molar-refractivity contribution is -0.154. The minimum Gasteiger partial charge on any atom is -0.479 e. The molecule has 130 valence electrons. The average Bonchev–Trinajstić information content (AvgIpc) is 3.15. The van der Waals surface area contributed by atoms with Crippen LogP contribution in [0.3, 0.4) is 0 Å². The average molecular weight is 342 g/mol. The SMILES string of the molecule is C[C@@H](Oc1ccc(C#N)cc1)C(=O)OCC(=O)N[C@H](C)c1ccco1. The third-order valence-corrected chi connectivity index (χ3v) is 3.32. The molecule has 1 amide bonds. The van der Waals surface area contributed by atoms with E-state index in [0.717, 1.165) is 0 Å². The van der Waals surface area contributed by atoms with Crippen LogP contribution in [0, 0.1) is 11.3 Å². The maximum atomic E-state index is 11.9. The topological polar surface area (TPSA) is 102 Å². The number of nitrogens with zero attached hydrogens (tertiary/aromatic N) is 1. The molecule has 0 unspecified atom stereocenters. The molecule has 1 N–H and O–H groups in total.